The van der Waals surface area contributed by atoms with E-state index in [0.29, 0.717) is 19.4 Å². The maximum atomic E-state index is 12.9. The van der Waals surface area contributed by atoms with E-state index in [9.17, 15) is 9.59 Å². The van der Waals surface area contributed by atoms with E-state index in [-0.39, 0.29) is 17.2 Å². The summed E-state index contributed by atoms with van der Waals surface area (Å²) in [7, 11) is 0. The quantitative estimate of drug-likeness (QED) is 0.902. The lowest BCUT2D eigenvalue weighted by Gasteiger charge is -2.27. The fourth-order valence-corrected chi connectivity index (χ4v) is 3.45. The molecule has 1 N–H and O–H groups in total. The van der Waals surface area contributed by atoms with Gasteiger partial charge in [0.2, 0.25) is 11.8 Å². The second-order valence-electron chi connectivity index (χ2n) is 7.85. The Hall–Kier alpha value is -2.62. The van der Waals surface area contributed by atoms with Crippen LogP contribution in [-0.2, 0) is 21.5 Å². The second kappa shape index (κ2) is 7.32. The van der Waals surface area contributed by atoms with Crippen LogP contribution in [0.3, 0.4) is 0 Å². The van der Waals surface area contributed by atoms with Crippen molar-refractivity contribution in [3.8, 4) is 0 Å². The molecule has 2 aromatic rings. The van der Waals surface area contributed by atoms with Crippen molar-refractivity contribution in [1.29, 1.82) is 0 Å². The second-order valence-corrected chi connectivity index (χ2v) is 7.85. The van der Waals surface area contributed by atoms with Crippen LogP contribution in [0.15, 0.2) is 54.6 Å². The maximum Gasteiger partial charge on any atom is 0.247 e. The van der Waals surface area contributed by atoms with E-state index in [0.717, 1.165) is 16.8 Å². The number of carbonyl (C=O) groups excluding carboxylic acids is 2. The number of anilines is 1. The summed E-state index contributed by atoms with van der Waals surface area (Å²) in [5.74, 6) is -0.0680. The predicted molar refractivity (Wildman–Crippen MR) is 104 cm³/mol. The van der Waals surface area contributed by atoms with Gasteiger partial charge in [0.15, 0.2) is 0 Å². The number of hydrogen-bond acceptors (Lipinski definition) is 2. The Morgan fingerprint density at radius 3 is 2.42 bits per heavy atom. The van der Waals surface area contributed by atoms with Crippen LogP contribution in [0.5, 0.6) is 0 Å². The molecule has 4 nitrogen and oxygen atoms in total. The number of likely N-dealkylation sites (tertiary alicyclic amines) is 1. The zero-order valence-corrected chi connectivity index (χ0v) is 15.7. The third-order valence-corrected chi connectivity index (χ3v) is 4.82. The topological polar surface area (TPSA) is 49.4 Å². The smallest absolute Gasteiger partial charge is 0.247 e. The molecule has 0 spiro atoms. The largest absolute Gasteiger partial charge is 0.326 e. The number of nitrogens with one attached hydrogen (secondary N) is 1. The number of benzene rings is 2. The van der Waals surface area contributed by atoms with Crippen LogP contribution in [0, 0.1) is 0 Å². The lowest BCUT2D eigenvalue weighted by molar-refractivity contribution is -0.133. The third-order valence-electron chi connectivity index (χ3n) is 4.82. The molecule has 1 heterocycles. The van der Waals surface area contributed by atoms with Gasteiger partial charge >= 0.3 is 0 Å². The molecule has 1 aliphatic heterocycles. The monoisotopic (exact) mass is 350 g/mol. The minimum atomic E-state index is -0.421. The molecule has 0 radical (unpaired) electrons. The van der Waals surface area contributed by atoms with E-state index < -0.39 is 6.04 Å². The van der Waals surface area contributed by atoms with E-state index in [1.54, 1.807) is 4.90 Å². The van der Waals surface area contributed by atoms with Gasteiger partial charge in [-0.25, -0.2) is 0 Å². The molecule has 0 saturated carbocycles. The molecule has 1 saturated heterocycles. The van der Waals surface area contributed by atoms with Crippen molar-refractivity contribution in [3.63, 3.8) is 0 Å². The van der Waals surface area contributed by atoms with Gasteiger partial charge in [-0.15, -0.1) is 0 Å². The van der Waals surface area contributed by atoms with E-state index in [4.69, 9.17) is 0 Å². The lowest BCUT2D eigenvalue weighted by atomic mass is 9.86. The SMILES string of the molecule is CC(C)(C)c1ccccc1NC(=O)C1CCC(=O)N1Cc1ccccc1. The van der Waals surface area contributed by atoms with E-state index in [1.807, 2.05) is 54.6 Å². The number of amides is 2. The van der Waals surface area contributed by atoms with Crippen LogP contribution in [0.25, 0.3) is 0 Å². The van der Waals surface area contributed by atoms with Crippen LogP contribution < -0.4 is 5.32 Å². The highest BCUT2D eigenvalue weighted by atomic mass is 16.2. The molecule has 3 rings (SSSR count). The summed E-state index contributed by atoms with van der Waals surface area (Å²) in [6.07, 6.45) is 0.987. The summed E-state index contributed by atoms with van der Waals surface area (Å²) in [6.45, 7) is 6.84. The number of nitrogens with zero attached hydrogens (tertiary/aromatic N) is 1. The Bertz CT molecular complexity index is 793. The lowest BCUT2D eigenvalue weighted by Crippen LogP contribution is -2.41. The number of para-hydroxylation sites is 1. The first-order valence-corrected chi connectivity index (χ1v) is 9.10. The summed E-state index contributed by atoms with van der Waals surface area (Å²) < 4.78 is 0. The van der Waals surface area contributed by atoms with Crippen LogP contribution in [-0.4, -0.2) is 22.8 Å². The van der Waals surface area contributed by atoms with Gasteiger partial charge in [-0.1, -0.05) is 69.3 Å². The molecule has 2 amide bonds. The molecule has 1 fully saturated rings. The fraction of sp³-hybridized carbons (Fsp3) is 0.364. The molecule has 1 atom stereocenters. The minimum absolute atomic E-state index is 0.0399. The Balaban J connectivity index is 1.78. The van der Waals surface area contributed by atoms with Crippen molar-refractivity contribution in [3.05, 3.63) is 65.7 Å². The van der Waals surface area contributed by atoms with Crippen LogP contribution in [0.4, 0.5) is 5.69 Å². The summed E-state index contributed by atoms with van der Waals surface area (Å²) in [6, 6.07) is 17.3. The van der Waals surface area contributed by atoms with Crippen LogP contribution >= 0.6 is 0 Å². The van der Waals surface area contributed by atoms with E-state index in [1.165, 1.54) is 0 Å². The molecule has 2 aromatic carbocycles. The zero-order chi connectivity index (χ0) is 18.7. The molecule has 1 unspecified atom stereocenters. The highest BCUT2D eigenvalue weighted by Gasteiger charge is 2.36. The number of hydrogen-bond donors (Lipinski definition) is 1. The molecular formula is C22H26N2O2. The van der Waals surface area contributed by atoms with Crippen LogP contribution in [0.1, 0.15) is 44.7 Å². The van der Waals surface area contributed by atoms with Gasteiger partial charge in [-0.3, -0.25) is 9.59 Å². The average Bonchev–Trinajstić information content (AvgIpc) is 2.96. The Morgan fingerprint density at radius 2 is 1.73 bits per heavy atom. The molecule has 4 heteroatoms. The zero-order valence-electron chi connectivity index (χ0n) is 15.7. The molecule has 0 aromatic heterocycles. The Labute approximate surface area is 155 Å². The number of carbonyl (C=O) groups is 2. The standard InChI is InChI=1S/C22H26N2O2/c1-22(2,3)17-11-7-8-12-18(17)23-21(26)19-13-14-20(25)24(19)15-16-9-5-4-6-10-16/h4-12,19H,13-15H2,1-3H3,(H,23,26). The van der Waals surface area contributed by atoms with Crippen molar-refractivity contribution in [1.82, 2.24) is 4.90 Å². The molecule has 0 bridgehead atoms. The van der Waals surface area contributed by atoms with Crippen LogP contribution in [0.2, 0.25) is 0 Å². The minimum Gasteiger partial charge on any atom is -0.326 e. The van der Waals surface area contributed by atoms with Crippen molar-refractivity contribution in [2.24, 2.45) is 0 Å². The molecule has 26 heavy (non-hydrogen) atoms. The molecular weight excluding hydrogens is 324 g/mol. The van der Waals surface area contributed by atoms with Gasteiger partial charge in [-0.05, 0) is 29.0 Å². The van der Waals surface area contributed by atoms with Crippen molar-refractivity contribution >= 4 is 17.5 Å². The van der Waals surface area contributed by atoms with E-state index >= 15 is 0 Å². The number of rotatable bonds is 4. The predicted octanol–water partition coefficient (Wildman–Crippen LogP) is 4.11. The average molecular weight is 350 g/mol. The first kappa shape index (κ1) is 18.2. The maximum absolute atomic E-state index is 12.9. The Kier molecular flexibility index (Phi) is 5.12. The van der Waals surface area contributed by atoms with Gasteiger partial charge in [0, 0.05) is 18.7 Å². The summed E-state index contributed by atoms with van der Waals surface area (Å²) in [5.41, 5.74) is 2.88. The molecule has 0 aliphatic carbocycles. The summed E-state index contributed by atoms with van der Waals surface area (Å²) >= 11 is 0. The first-order chi connectivity index (χ1) is 12.4. The van der Waals surface area contributed by atoms with Gasteiger partial charge in [0.05, 0.1) is 0 Å². The van der Waals surface area contributed by atoms with Gasteiger partial charge < -0.3 is 10.2 Å². The van der Waals surface area contributed by atoms with Gasteiger partial charge in [0.1, 0.15) is 6.04 Å². The third kappa shape index (κ3) is 3.96. The van der Waals surface area contributed by atoms with Gasteiger partial charge in [-0.2, -0.15) is 0 Å². The first-order valence-electron chi connectivity index (χ1n) is 9.10. The highest BCUT2D eigenvalue weighted by Crippen LogP contribution is 2.30. The van der Waals surface area contributed by atoms with Crippen molar-refractivity contribution < 1.29 is 9.59 Å². The normalized spacial score (nSPS) is 17.4. The fourth-order valence-electron chi connectivity index (χ4n) is 3.45. The van der Waals surface area contributed by atoms with Crippen molar-refractivity contribution in [2.75, 3.05) is 5.32 Å². The highest BCUT2D eigenvalue weighted by molar-refractivity contribution is 5.99. The van der Waals surface area contributed by atoms with E-state index in [2.05, 4.69) is 26.1 Å². The van der Waals surface area contributed by atoms with Crippen molar-refractivity contribution in [2.45, 2.75) is 51.6 Å². The summed E-state index contributed by atoms with van der Waals surface area (Å²) in [5, 5.41) is 3.06. The molecule has 136 valence electrons. The molecule has 1 aliphatic rings. The Morgan fingerprint density at radius 1 is 1.08 bits per heavy atom. The van der Waals surface area contributed by atoms with Gasteiger partial charge in [0.25, 0.3) is 0 Å². The summed E-state index contributed by atoms with van der Waals surface area (Å²) in [4.78, 5) is 27.0.